The zero-order valence-corrected chi connectivity index (χ0v) is 13.2. The summed E-state index contributed by atoms with van der Waals surface area (Å²) in [5, 5.41) is 0. The van der Waals surface area contributed by atoms with Crippen LogP contribution in [0.25, 0.3) is 0 Å². The minimum Gasteiger partial charge on any atom is -0.459 e. The van der Waals surface area contributed by atoms with Gasteiger partial charge in [0.25, 0.3) is 0 Å². The van der Waals surface area contributed by atoms with Crippen molar-refractivity contribution in [2.45, 2.75) is 72.0 Å². The van der Waals surface area contributed by atoms with Gasteiger partial charge < -0.3 is 9.47 Å². The minimum atomic E-state index is -0.541. The highest BCUT2D eigenvalue weighted by Gasteiger charge is 2.37. The first-order valence-corrected chi connectivity index (χ1v) is 7.38. The molecule has 0 aromatic rings. The normalized spacial score (nSPS) is 22.9. The lowest BCUT2D eigenvalue weighted by Crippen LogP contribution is -2.40. The molecule has 0 fully saturated rings. The molecule has 0 saturated carbocycles. The molecule has 0 aliphatic heterocycles. The summed E-state index contributed by atoms with van der Waals surface area (Å²) in [6.45, 7) is 9.41. The van der Waals surface area contributed by atoms with Crippen molar-refractivity contribution in [3.05, 3.63) is 11.6 Å². The number of esters is 2. The van der Waals surface area contributed by atoms with Gasteiger partial charge in [-0.15, -0.1) is 0 Å². The largest absolute Gasteiger partial charge is 0.459 e. The molecule has 0 radical (unpaired) electrons. The van der Waals surface area contributed by atoms with E-state index in [-0.39, 0.29) is 24.0 Å². The molecule has 4 heteroatoms. The Kier molecular flexibility index (Phi) is 5.78. The minimum absolute atomic E-state index is 0.163. The zero-order chi connectivity index (χ0) is 15.3. The average molecular weight is 282 g/mol. The summed E-state index contributed by atoms with van der Waals surface area (Å²) in [7, 11) is 0. The SMILES string of the molecule is CCC(=O)OC1CC(C(C)(C)OC(=O)CC)CC=C1C. The van der Waals surface area contributed by atoms with E-state index in [1.807, 2.05) is 20.8 Å². The number of rotatable bonds is 5. The van der Waals surface area contributed by atoms with Gasteiger partial charge >= 0.3 is 11.9 Å². The van der Waals surface area contributed by atoms with E-state index in [2.05, 4.69) is 6.08 Å². The van der Waals surface area contributed by atoms with Gasteiger partial charge in [0, 0.05) is 18.8 Å². The molecule has 0 spiro atoms. The first-order valence-electron chi connectivity index (χ1n) is 7.38. The number of carbonyl (C=O) groups excluding carboxylic acids is 2. The lowest BCUT2D eigenvalue weighted by atomic mass is 9.78. The maximum absolute atomic E-state index is 11.5. The summed E-state index contributed by atoms with van der Waals surface area (Å²) < 4.78 is 11.0. The van der Waals surface area contributed by atoms with E-state index in [9.17, 15) is 9.59 Å². The molecular formula is C16H26O4. The topological polar surface area (TPSA) is 52.6 Å². The van der Waals surface area contributed by atoms with Gasteiger partial charge in [-0.2, -0.15) is 0 Å². The average Bonchev–Trinajstić information content (AvgIpc) is 2.40. The second-order valence-electron chi connectivity index (χ2n) is 5.88. The predicted octanol–water partition coefficient (Wildman–Crippen LogP) is 3.40. The van der Waals surface area contributed by atoms with Gasteiger partial charge in [0.05, 0.1) is 0 Å². The quantitative estimate of drug-likeness (QED) is 0.573. The molecule has 0 N–H and O–H groups in total. The Morgan fingerprint density at radius 2 is 1.85 bits per heavy atom. The van der Waals surface area contributed by atoms with E-state index in [1.54, 1.807) is 13.8 Å². The number of allylic oxidation sites excluding steroid dienone is 1. The Bertz CT molecular complexity index is 395. The highest BCUT2D eigenvalue weighted by molar-refractivity contribution is 5.70. The van der Waals surface area contributed by atoms with Crippen LogP contribution in [-0.2, 0) is 19.1 Å². The van der Waals surface area contributed by atoms with E-state index in [4.69, 9.17) is 9.47 Å². The summed E-state index contributed by atoms with van der Waals surface area (Å²) in [5.74, 6) is -0.216. The zero-order valence-electron chi connectivity index (χ0n) is 13.2. The molecule has 0 bridgehead atoms. The highest BCUT2D eigenvalue weighted by Crippen LogP contribution is 2.35. The Hall–Kier alpha value is -1.32. The molecule has 0 saturated heterocycles. The standard InChI is InChI=1S/C16H26O4/c1-6-14(17)19-13-10-12(9-8-11(13)3)16(4,5)20-15(18)7-2/h8,12-13H,6-7,9-10H2,1-5H3. The molecule has 1 aliphatic rings. The highest BCUT2D eigenvalue weighted by atomic mass is 16.6. The van der Waals surface area contributed by atoms with Crippen LogP contribution in [-0.4, -0.2) is 23.6 Å². The monoisotopic (exact) mass is 282 g/mol. The van der Waals surface area contributed by atoms with Crippen LogP contribution in [0.15, 0.2) is 11.6 Å². The maximum atomic E-state index is 11.5. The number of carbonyl (C=O) groups is 2. The van der Waals surface area contributed by atoms with Crippen molar-refractivity contribution in [2.75, 3.05) is 0 Å². The number of hydrogen-bond acceptors (Lipinski definition) is 4. The van der Waals surface area contributed by atoms with Crippen molar-refractivity contribution in [1.29, 1.82) is 0 Å². The van der Waals surface area contributed by atoms with Gasteiger partial charge in [-0.3, -0.25) is 9.59 Å². The summed E-state index contributed by atoms with van der Waals surface area (Å²) in [6.07, 6.45) is 4.19. The lowest BCUT2D eigenvalue weighted by molar-refractivity contribution is -0.165. The molecule has 114 valence electrons. The number of hydrogen-bond donors (Lipinski definition) is 0. The van der Waals surface area contributed by atoms with Crippen LogP contribution in [0.1, 0.15) is 60.3 Å². The fourth-order valence-corrected chi connectivity index (χ4v) is 2.40. The van der Waals surface area contributed by atoms with Crippen LogP contribution in [0.5, 0.6) is 0 Å². The molecule has 0 aromatic carbocycles. The van der Waals surface area contributed by atoms with Crippen LogP contribution in [0.3, 0.4) is 0 Å². The van der Waals surface area contributed by atoms with Crippen molar-refractivity contribution in [1.82, 2.24) is 0 Å². The van der Waals surface area contributed by atoms with Gasteiger partial charge in [0.15, 0.2) is 0 Å². The van der Waals surface area contributed by atoms with Crippen LogP contribution in [0, 0.1) is 5.92 Å². The Morgan fingerprint density at radius 3 is 2.40 bits per heavy atom. The third kappa shape index (κ3) is 4.36. The van der Waals surface area contributed by atoms with Crippen molar-refractivity contribution in [2.24, 2.45) is 5.92 Å². The molecule has 0 aromatic heterocycles. The molecule has 2 atom stereocenters. The Morgan fingerprint density at radius 1 is 1.25 bits per heavy atom. The maximum Gasteiger partial charge on any atom is 0.306 e. The summed E-state index contributed by atoms with van der Waals surface area (Å²) in [4.78, 5) is 23.0. The summed E-state index contributed by atoms with van der Waals surface area (Å²) in [5.41, 5.74) is 0.543. The fourth-order valence-electron chi connectivity index (χ4n) is 2.40. The fraction of sp³-hybridized carbons (Fsp3) is 0.750. The number of ether oxygens (including phenoxy) is 2. The molecule has 1 aliphatic carbocycles. The Balaban J connectivity index is 2.74. The van der Waals surface area contributed by atoms with Crippen molar-refractivity contribution in [3.8, 4) is 0 Å². The molecular weight excluding hydrogens is 256 g/mol. The molecule has 1 rings (SSSR count). The van der Waals surface area contributed by atoms with Gasteiger partial charge in [-0.25, -0.2) is 0 Å². The van der Waals surface area contributed by atoms with Gasteiger partial charge in [0.2, 0.25) is 0 Å². The third-order valence-electron chi connectivity index (χ3n) is 3.94. The van der Waals surface area contributed by atoms with E-state index in [0.717, 1.165) is 12.0 Å². The van der Waals surface area contributed by atoms with Gasteiger partial charge in [0.1, 0.15) is 11.7 Å². The second kappa shape index (κ2) is 6.91. The first-order chi connectivity index (χ1) is 9.30. The van der Waals surface area contributed by atoms with Crippen molar-refractivity contribution >= 4 is 11.9 Å². The third-order valence-corrected chi connectivity index (χ3v) is 3.94. The van der Waals surface area contributed by atoms with Gasteiger partial charge in [-0.05, 0) is 39.2 Å². The molecule has 20 heavy (non-hydrogen) atoms. The smallest absolute Gasteiger partial charge is 0.306 e. The van der Waals surface area contributed by atoms with Crippen LogP contribution in [0.2, 0.25) is 0 Å². The van der Waals surface area contributed by atoms with Crippen LogP contribution in [0.4, 0.5) is 0 Å². The first kappa shape index (κ1) is 16.7. The molecule has 4 nitrogen and oxygen atoms in total. The summed E-state index contributed by atoms with van der Waals surface area (Å²) >= 11 is 0. The van der Waals surface area contributed by atoms with E-state index >= 15 is 0 Å². The predicted molar refractivity (Wildman–Crippen MR) is 77.1 cm³/mol. The van der Waals surface area contributed by atoms with Gasteiger partial charge in [-0.1, -0.05) is 19.9 Å². The van der Waals surface area contributed by atoms with Crippen LogP contribution >= 0.6 is 0 Å². The summed E-state index contributed by atoms with van der Waals surface area (Å²) in [6, 6.07) is 0. The van der Waals surface area contributed by atoms with E-state index in [0.29, 0.717) is 19.3 Å². The Labute approximate surface area is 121 Å². The molecule has 2 unspecified atom stereocenters. The van der Waals surface area contributed by atoms with Crippen molar-refractivity contribution < 1.29 is 19.1 Å². The van der Waals surface area contributed by atoms with E-state index in [1.165, 1.54) is 0 Å². The second-order valence-corrected chi connectivity index (χ2v) is 5.88. The lowest BCUT2D eigenvalue weighted by Gasteiger charge is -2.38. The van der Waals surface area contributed by atoms with Crippen LogP contribution < -0.4 is 0 Å². The molecule has 0 amide bonds. The molecule has 0 heterocycles. The van der Waals surface area contributed by atoms with Crippen molar-refractivity contribution in [3.63, 3.8) is 0 Å². The van der Waals surface area contributed by atoms with E-state index < -0.39 is 5.60 Å².